The lowest BCUT2D eigenvalue weighted by Crippen LogP contribution is -2.25. The largest absolute Gasteiger partial charge is 0.573 e. The van der Waals surface area contributed by atoms with Gasteiger partial charge >= 0.3 is 12.5 Å². The lowest BCUT2D eigenvalue weighted by molar-refractivity contribution is -0.275. The van der Waals surface area contributed by atoms with Crippen LogP contribution in [0.4, 0.5) is 26.3 Å². The van der Waals surface area contributed by atoms with Crippen molar-refractivity contribution in [3.8, 4) is 5.75 Å². The highest BCUT2D eigenvalue weighted by molar-refractivity contribution is 7.89. The van der Waals surface area contributed by atoms with Crippen LogP contribution in [0.2, 0.25) is 0 Å². The third kappa shape index (κ3) is 7.91. The highest BCUT2D eigenvalue weighted by Crippen LogP contribution is 2.29. The van der Waals surface area contributed by atoms with Crippen LogP contribution in [-0.4, -0.2) is 27.6 Å². The summed E-state index contributed by atoms with van der Waals surface area (Å²) < 4.78 is 108. The summed E-state index contributed by atoms with van der Waals surface area (Å²) >= 11 is 0. The molecule has 0 amide bonds. The van der Waals surface area contributed by atoms with Gasteiger partial charge in [-0.1, -0.05) is 36.4 Å². The Morgan fingerprint density at radius 3 is 2.03 bits per heavy atom. The van der Waals surface area contributed by atoms with Crippen molar-refractivity contribution in [2.24, 2.45) is 0 Å². The van der Waals surface area contributed by atoms with Crippen molar-refractivity contribution >= 4 is 10.0 Å². The lowest BCUT2D eigenvalue weighted by Gasteiger charge is -2.14. The number of nitrogens with one attached hydrogen (secondary N) is 1. The van der Waals surface area contributed by atoms with Gasteiger partial charge in [0, 0.05) is 6.54 Å². The molecule has 12 heteroatoms. The van der Waals surface area contributed by atoms with Crippen molar-refractivity contribution < 1.29 is 44.2 Å². The van der Waals surface area contributed by atoms with Crippen LogP contribution in [0.1, 0.15) is 11.1 Å². The van der Waals surface area contributed by atoms with E-state index in [-0.39, 0.29) is 13.2 Å². The van der Waals surface area contributed by atoms with Gasteiger partial charge in [-0.3, -0.25) is 0 Å². The second kappa shape index (κ2) is 9.01. The summed E-state index contributed by atoms with van der Waals surface area (Å²) in [5, 5.41) is 0. The van der Waals surface area contributed by atoms with Gasteiger partial charge in [0.1, 0.15) is 17.3 Å². The van der Waals surface area contributed by atoms with Crippen LogP contribution in [0.15, 0.2) is 53.4 Å². The van der Waals surface area contributed by atoms with Crippen LogP contribution in [-0.2, 0) is 27.9 Å². The number of halogens is 6. The number of para-hydroxylation sites is 1. The summed E-state index contributed by atoms with van der Waals surface area (Å²) in [6.45, 7) is -1.94. The smallest absolute Gasteiger partial charge is 0.404 e. The Morgan fingerprint density at radius 2 is 1.45 bits per heavy atom. The minimum Gasteiger partial charge on any atom is -0.404 e. The molecule has 0 heterocycles. The molecule has 0 bridgehead atoms. The van der Waals surface area contributed by atoms with E-state index in [0.717, 1.165) is 12.1 Å². The van der Waals surface area contributed by atoms with Gasteiger partial charge in [-0.05, 0) is 23.3 Å². The molecule has 0 aliphatic heterocycles. The molecular weight excluding hydrogens is 428 g/mol. The van der Waals surface area contributed by atoms with Crippen LogP contribution >= 0.6 is 0 Å². The van der Waals surface area contributed by atoms with E-state index >= 15 is 0 Å². The standard InChI is InChI=1S/C17H15F6NO4S/c18-16(19,20)11-27-10-13-7-5-12(6-8-13)9-24-29(25,26)15-4-2-1-3-14(15)28-17(21,22)23/h1-8,24H,9-11H2. The molecule has 0 aliphatic carbocycles. The van der Waals surface area contributed by atoms with Crippen molar-refractivity contribution in [1.82, 2.24) is 4.72 Å². The highest BCUT2D eigenvalue weighted by atomic mass is 32.2. The monoisotopic (exact) mass is 443 g/mol. The number of rotatable bonds is 8. The SMILES string of the molecule is O=S(=O)(NCc1ccc(COCC(F)(F)F)cc1)c1ccccc1OC(F)(F)F. The molecule has 0 aromatic heterocycles. The maximum Gasteiger partial charge on any atom is 0.573 e. The number of alkyl halides is 6. The van der Waals surface area contributed by atoms with E-state index in [1.165, 1.54) is 36.4 Å². The van der Waals surface area contributed by atoms with Crippen molar-refractivity contribution in [3.05, 3.63) is 59.7 Å². The molecule has 2 aromatic rings. The molecule has 1 N–H and O–H groups in total. The van der Waals surface area contributed by atoms with Crippen LogP contribution in [0, 0.1) is 0 Å². The van der Waals surface area contributed by atoms with Gasteiger partial charge in [0.2, 0.25) is 10.0 Å². The Labute approximate surface area is 162 Å². The number of sulfonamides is 1. The van der Waals surface area contributed by atoms with Crippen LogP contribution < -0.4 is 9.46 Å². The number of ether oxygens (including phenoxy) is 2. The molecule has 0 atom stereocenters. The Hall–Kier alpha value is -2.31. The van der Waals surface area contributed by atoms with E-state index < -0.39 is 39.8 Å². The predicted molar refractivity (Wildman–Crippen MR) is 89.3 cm³/mol. The van der Waals surface area contributed by atoms with Crippen LogP contribution in [0.25, 0.3) is 0 Å². The highest BCUT2D eigenvalue weighted by Gasteiger charge is 2.34. The van der Waals surface area contributed by atoms with E-state index in [2.05, 4.69) is 14.2 Å². The molecule has 29 heavy (non-hydrogen) atoms. The Morgan fingerprint density at radius 1 is 0.862 bits per heavy atom. The van der Waals surface area contributed by atoms with E-state index in [0.29, 0.717) is 11.1 Å². The molecule has 160 valence electrons. The second-order valence-corrected chi connectivity index (χ2v) is 7.48. The van der Waals surface area contributed by atoms with Gasteiger partial charge in [0.25, 0.3) is 0 Å². The molecule has 5 nitrogen and oxygen atoms in total. The average molecular weight is 443 g/mol. The molecule has 0 aliphatic rings. The van der Waals surface area contributed by atoms with Crippen LogP contribution in [0.5, 0.6) is 5.75 Å². The van der Waals surface area contributed by atoms with Gasteiger partial charge < -0.3 is 9.47 Å². The summed E-state index contributed by atoms with van der Waals surface area (Å²) in [6.07, 6.45) is -9.50. The number of benzene rings is 2. The van der Waals surface area contributed by atoms with E-state index in [1.54, 1.807) is 0 Å². The molecule has 2 rings (SSSR count). The molecule has 0 saturated carbocycles. The molecule has 0 fully saturated rings. The fourth-order valence-corrected chi connectivity index (χ4v) is 3.32. The summed E-state index contributed by atoms with van der Waals surface area (Å²) in [5.74, 6) is -0.871. The van der Waals surface area contributed by atoms with Crippen molar-refractivity contribution in [2.75, 3.05) is 6.61 Å². The van der Waals surface area contributed by atoms with Gasteiger partial charge in [0.05, 0.1) is 6.61 Å². The molecule has 0 spiro atoms. The minimum absolute atomic E-state index is 0.258. The molecule has 0 radical (unpaired) electrons. The van der Waals surface area contributed by atoms with E-state index in [4.69, 9.17) is 0 Å². The fraction of sp³-hybridized carbons (Fsp3) is 0.294. The zero-order chi connectivity index (χ0) is 21.7. The summed E-state index contributed by atoms with van der Waals surface area (Å²) in [4.78, 5) is -0.686. The Balaban J connectivity index is 2.01. The first-order valence-corrected chi connectivity index (χ1v) is 9.41. The van der Waals surface area contributed by atoms with Crippen molar-refractivity contribution in [2.45, 2.75) is 30.6 Å². The maximum absolute atomic E-state index is 12.4. The van der Waals surface area contributed by atoms with Crippen molar-refractivity contribution in [3.63, 3.8) is 0 Å². The van der Waals surface area contributed by atoms with Crippen LogP contribution in [0.3, 0.4) is 0 Å². The molecule has 0 unspecified atom stereocenters. The number of hydrogen-bond donors (Lipinski definition) is 1. The number of hydrogen-bond acceptors (Lipinski definition) is 4. The normalized spacial score (nSPS) is 12.8. The Bertz CT molecular complexity index is 911. The van der Waals surface area contributed by atoms with E-state index in [9.17, 15) is 34.8 Å². The molecule has 0 saturated heterocycles. The zero-order valence-electron chi connectivity index (χ0n) is 14.5. The zero-order valence-corrected chi connectivity index (χ0v) is 15.4. The molecular formula is C17H15F6NO4S. The topological polar surface area (TPSA) is 64.6 Å². The van der Waals surface area contributed by atoms with E-state index in [1.807, 2.05) is 0 Å². The predicted octanol–water partition coefficient (Wildman–Crippen LogP) is 4.14. The lowest BCUT2D eigenvalue weighted by atomic mass is 10.1. The maximum atomic E-state index is 12.4. The second-order valence-electron chi connectivity index (χ2n) is 5.74. The van der Waals surface area contributed by atoms with Gasteiger partial charge in [-0.25, -0.2) is 13.1 Å². The first-order valence-electron chi connectivity index (χ1n) is 7.92. The average Bonchev–Trinajstić information content (AvgIpc) is 2.59. The third-order valence-electron chi connectivity index (χ3n) is 3.39. The minimum atomic E-state index is -5.06. The summed E-state index contributed by atoms with van der Waals surface area (Å²) in [6, 6.07) is 10.1. The Kier molecular flexibility index (Phi) is 7.14. The third-order valence-corrected chi connectivity index (χ3v) is 4.83. The first kappa shape index (κ1) is 23.0. The fourth-order valence-electron chi connectivity index (χ4n) is 2.18. The quantitative estimate of drug-likeness (QED) is 0.623. The molecule has 2 aromatic carbocycles. The summed E-state index contributed by atoms with van der Waals surface area (Å²) in [7, 11) is -4.33. The summed E-state index contributed by atoms with van der Waals surface area (Å²) in [5.41, 5.74) is 0.868. The van der Waals surface area contributed by atoms with Gasteiger partial charge in [0.15, 0.2) is 0 Å². The van der Waals surface area contributed by atoms with Gasteiger partial charge in [-0.2, -0.15) is 13.2 Å². The van der Waals surface area contributed by atoms with Gasteiger partial charge in [-0.15, -0.1) is 13.2 Å². The van der Waals surface area contributed by atoms with Crippen molar-refractivity contribution in [1.29, 1.82) is 0 Å². The first-order chi connectivity index (χ1) is 13.4.